The molecule has 0 radical (unpaired) electrons. The molecule has 3 rings (SSSR count). The number of nitrogens with one attached hydrogen (secondary N) is 1. The largest absolute Gasteiger partial charge is 0.306 e. The van der Waals surface area contributed by atoms with Crippen LogP contribution in [0, 0.1) is 17.2 Å². The molecule has 1 fully saturated rings. The normalized spacial score (nSPS) is 15.6. The molecule has 0 amide bonds. The number of piperidine rings is 1. The van der Waals surface area contributed by atoms with Crippen molar-refractivity contribution in [1.29, 1.82) is 5.41 Å². The van der Waals surface area contributed by atoms with E-state index in [-0.39, 0.29) is 11.7 Å². The molecule has 4 heteroatoms. The van der Waals surface area contributed by atoms with E-state index >= 15 is 0 Å². The number of rotatable bonds is 7. The van der Waals surface area contributed by atoms with Gasteiger partial charge >= 0.3 is 0 Å². The van der Waals surface area contributed by atoms with Crippen molar-refractivity contribution in [3.63, 3.8) is 0 Å². The lowest BCUT2D eigenvalue weighted by molar-refractivity contribution is -0.120. The molecule has 2 aromatic rings. The maximum atomic E-state index is 11.1. The summed E-state index contributed by atoms with van der Waals surface area (Å²) in [5, 5.41) is 7.84. The zero-order chi connectivity index (χ0) is 21.9. The van der Waals surface area contributed by atoms with E-state index in [1.165, 1.54) is 44.8 Å². The molecule has 2 aromatic carbocycles. The van der Waals surface area contributed by atoms with Crippen LogP contribution in [-0.2, 0) is 11.2 Å². The fraction of sp³-hybridized carbons (Fsp3) is 0.423. The summed E-state index contributed by atoms with van der Waals surface area (Å²) in [7, 11) is 2.22. The zero-order valence-electron chi connectivity index (χ0n) is 18.4. The van der Waals surface area contributed by atoms with Crippen molar-refractivity contribution in [3.05, 3.63) is 71.3 Å². The van der Waals surface area contributed by atoms with E-state index in [4.69, 9.17) is 5.41 Å². The number of Topliss-reactive ketones (excluding diaryl/α,β-unsaturated/α-hetero) is 1. The van der Waals surface area contributed by atoms with Gasteiger partial charge in [0.2, 0.25) is 0 Å². The number of nitrogens with zero attached hydrogens (tertiary/aromatic N) is 1. The Bertz CT molecular complexity index is 807. The van der Waals surface area contributed by atoms with E-state index in [0.717, 1.165) is 17.8 Å². The predicted octanol–water partition coefficient (Wildman–Crippen LogP) is 5.05. The molecule has 1 aliphatic rings. The minimum Gasteiger partial charge on any atom is -0.306 e. The second-order valence-electron chi connectivity index (χ2n) is 8.37. The molecule has 0 bridgehead atoms. The van der Waals surface area contributed by atoms with Crippen molar-refractivity contribution in [2.45, 2.75) is 39.5 Å². The summed E-state index contributed by atoms with van der Waals surface area (Å²) in [6.45, 7) is 5.90. The van der Waals surface area contributed by atoms with Crippen LogP contribution in [0.1, 0.15) is 54.6 Å². The van der Waals surface area contributed by atoms with Crippen LogP contribution in [0.4, 0.5) is 0 Å². The average molecular weight is 407 g/mol. The van der Waals surface area contributed by atoms with E-state index in [2.05, 4.69) is 42.3 Å². The van der Waals surface area contributed by atoms with Gasteiger partial charge in [0.1, 0.15) is 12.1 Å². The third kappa shape index (κ3) is 8.03. The van der Waals surface area contributed by atoms with Gasteiger partial charge in [0.05, 0.1) is 0 Å². The van der Waals surface area contributed by atoms with Crippen LogP contribution in [0.5, 0.6) is 0 Å². The molecule has 1 N–H and O–H groups in total. The molecule has 30 heavy (non-hydrogen) atoms. The Labute approximate surface area is 180 Å². The van der Waals surface area contributed by atoms with Crippen molar-refractivity contribution in [2.75, 3.05) is 20.1 Å². The number of carbonyl (C=O) groups is 2. The second-order valence-corrected chi connectivity index (χ2v) is 8.37. The minimum atomic E-state index is -0.127. The van der Waals surface area contributed by atoms with E-state index in [1.54, 1.807) is 24.3 Å². The van der Waals surface area contributed by atoms with Gasteiger partial charge in [-0.25, -0.2) is 0 Å². The van der Waals surface area contributed by atoms with Crippen molar-refractivity contribution in [2.24, 2.45) is 11.8 Å². The summed E-state index contributed by atoms with van der Waals surface area (Å²) >= 11 is 0. The molecular weight excluding hydrogens is 372 g/mol. The summed E-state index contributed by atoms with van der Waals surface area (Å²) in [6, 6.07) is 17.7. The first-order valence-electron chi connectivity index (χ1n) is 10.7. The smallest absolute Gasteiger partial charge is 0.150 e. The molecule has 160 valence electrons. The van der Waals surface area contributed by atoms with Crippen molar-refractivity contribution in [3.8, 4) is 0 Å². The van der Waals surface area contributed by atoms with Gasteiger partial charge in [0.25, 0.3) is 0 Å². The van der Waals surface area contributed by atoms with Gasteiger partial charge in [0.15, 0.2) is 0 Å². The van der Waals surface area contributed by atoms with Crippen LogP contribution < -0.4 is 0 Å². The van der Waals surface area contributed by atoms with Crippen molar-refractivity contribution < 1.29 is 9.59 Å². The summed E-state index contributed by atoms with van der Waals surface area (Å²) < 4.78 is 0. The highest BCUT2D eigenvalue weighted by Gasteiger charge is 2.16. The van der Waals surface area contributed by atoms with Crippen LogP contribution in [0.3, 0.4) is 0 Å². The van der Waals surface area contributed by atoms with Gasteiger partial charge in [-0.3, -0.25) is 9.59 Å². The summed E-state index contributed by atoms with van der Waals surface area (Å²) in [5.41, 5.74) is 3.29. The number of ketones is 1. The van der Waals surface area contributed by atoms with Crippen LogP contribution in [0.15, 0.2) is 54.6 Å². The number of likely N-dealkylation sites (tertiary alicyclic amines) is 1. The Kier molecular flexibility index (Phi) is 9.62. The Balaban J connectivity index is 0.000000215. The Morgan fingerprint density at radius 3 is 2.23 bits per heavy atom. The van der Waals surface area contributed by atoms with Crippen LogP contribution in [-0.4, -0.2) is 42.8 Å². The summed E-state index contributed by atoms with van der Waals surface area (Å²) in [6.07, 6.45) is 5.22. The molecule has 1 aliphatic heterocycles. The van der Waals surface area contributed by atoms with Crippen LogP contribution >= 0.6 is 0 Å². The Hall–Kier alpha value is -2.59. The maximum Gasteiger partial charge on any atom is 0.150 e. The molecule has 1 saturated heterocycles. The van der Waals surface area contributed by atoms with Gasteiger partial charge < -0.3 is 10.3 Å². The van der Waals surface area contributed by atoms with Gasteiger partial charge in [-0.15, -0.1) is 0 Å². The van der Waals surface area contributed by atoms with Crippen LogP contribution in [0.2, 0.25) is 0 Å². The van der Waals surface area contributed by atoms with Crippen molar-refractivity contribution in [1.82, 2.24) is 4.90 Å². The summed E-state index contributed by atoms with van der Waals surface area (Å²) in [4.78, 5) is 24.0. The van der Waals surface area contributed by atoms with Crippen LogP contribution in [0.25, 0.3) is 0 Å². The fourth-order valence-corrected chi connectivity index (χ4v) is 3.54. The molecule has 1 heterocycles. The summed E-state index contributed by atoms with van der Waals surface area (Å²) in [5.74, 6) is 0.876. The van der Waals surface area contributed by atoms with Gasteiger partial charge in [-0.2, -0.15) is 0 Å². The number of benzene rings is 2. The minimum absolute atomic E-state index is 0.0919. The lowest BCUT2D eigenvalue weighted by Gasteiger charge is -2.28. The van der Waals surface area contributed by atoms with E-state index in [0.29, 0.717) is 17.7 Å². The monoisotopic (exact) mass is 406 g/mol. The first-order valence-corrected chi connectivity index (χ1v) is 10.7. The highest BCUT2D eigenvalue weighted by atomic mass is 16.1. The highest BCUT2D eigenvalue weighted by molar-refractivity contribution is 6.00. The number of hydrogen-bond acceptors (Lipinski definition) is 4. The van der Waals surface area contributed by atoms with E-state index in [9.17, 15) is 9.59 Å². The topological polar surface area (TPSA) is 61.2 Å². The molecule has 0 spiro atoms. The van der Waals surface area contributed by atoms with Crippen molar-refractivity contribution >= 4 is 17.8 Å². The third-order valence-corrected chi connectivity index (χ3v) is 5.80. The molecule has 1 atom stereocenters. The maximum absolute atomic E-state index is 11.1. The lowest BCUT2D eigenvalue weighted by atomic mass is 9.90. The SMILES string of the molecule is CC(=O)C(C)CC(=N)c1ccc(C=O)cc1.CN1CCC(Cc2ccccc2)CC1. The molecule has 0 aromatic heterocycles. The Morgan fingerprint density at radius 1 is 1.10 bits per heavy atom. The number of hydrogen-bond donors (Lipinski definition) is 1. The fourth-order valence-electron chi connectivity index (χ4n) is 3.54. The molecule has 1 unspecified atom stereocenters. The van der Waals surface area contributed by atoms with E-state index < -0.39 is 0 Å². The van der Waals surface area contributed by atoms with Gasteiger partial charge in [-0.05, 0) is 69.8 Å². The zero-order valence-corrected chi connectivity index (χ0v) is 18.4. The van der Waals surface area contributed by atoms with E-state index in [1.807, 2.05) is 6.92 Å². The number of carbonyl (C=O) groups excluding carboxylic acids is 2. The first kappa shape index (κ1) is 23.7. The average Bonchev–Trinajstić information content (AvgIpc) is 2.76. The third-order valence-electron chi connectivity index (χ3n) is 5.80. The number of aldehydes is 1. The first-order chi connectivity index (χ1) is 14.4. The predicted molar refractivity (Wildman–Crippen MR) is 123 cm³/mol. The molecule has 0 aliphatic carbocycles. The molecule has 4 nitrogen and oxygen atoms in total. The standard InChI is InChI=1S/C13H15NO2.C13H19N/c1-9(10(2)16)7-13(14)12-5-3-11(8-15)4-6-12;1-14-9-7-13(8-10-14)11-12-5-3-2-4-6-12/h3-6,8-9,14H,7H2,1-2H3;2-6,13H,7-11H2,1H3. The Morgan fingerprint density at radius 2 is 1.70 bits per heavy atom. The quantitative estimate of drug-likeness (QED) is 0.517. The lowest BCUT2D eigenvalue weighted by Crippen LogP contribution is -2.30. The molecule has 0 saturated carbocycles. The highest BCUT2D eigenvalue weighted by Crippen LogP contribution is 2.20. The van der Waals surface area contributed by atoms with Gasteiger partial charge in [-0.1, -0.05) is 61.5 Å². The molecular formula is C26H34N2O2. The second kappa shape index (κ2) is 12.2. The van der Waals surface area contributed by atoms with Gasteiger partial charge in [0, 0.05) is 17.2 Å².